The Kier molecular flexibility index (Phi) is 5.79. The summed E-state index contributed by atoms with van der Waals surface area (Å²) in [6.07, 6.45) is 0.0317. The van der Waals surface area contributed by atoms with Crippen LogP contribution in [0.4, 0.5) is 0 Å². The fourth-order valence-corrected chi connectivity index (χ4v) is 2.38. The molecule has 1 N–H and O–H groups in total. The third-order valence-corrected chi connectivity index (χ3v) is 3.59. The summed E-state index contributed by atoms with van der Waals surface area (Å²) in [5.41, 5.74) is -0.185. The Labute approximate surface area is 121 Å². The molecule has 0 aliphatic rings. The molecule has 0 spiro atoms. The van der Waals surface area contributed by atoms with Crippen LogP contribution in [0.25, 0.3) is 0 Å². The summed E-state index contributed by atoms with van der Waals surface area (Å²) in [5, 5.41) is 8.84. The second kappa shape index (κ2) is 6.92. The van der Waals surface area contributed by atoms with Crippen LogP contribution in [-0.2, 0) is 13.8 Å². The lowest BCUT2D eigenvalue weighted by atomic mass is 10.2. The van der Waals surface area contributed by atoms with Crippen LogP contribution in [0, 0.1) is 0 Å². The summed E-state index contributed by atoms with van der Waals surface area (Å²) in [6, 6.07) is 3.46. The molecule has 0 amide bonds. The van der Waals surface area contributed by atoms with Gasteiger partial charge in [-0.15, -0.1) is 0 Å². The van der Waals surface area contributed by atoms with E-state index in [1.807, 2.05) is 13.8 Å². The molecule has 1 aromatic rings. The molecule has 1 rings (SSSR count). The van der Waals surface area contributed by atoms with E-state index in [1.165, 1.54) is 12.1 Å². The first-order valence-electron chi connectivity index (χ1n) is 5.78. The topological polar surface area (TPSA) is 89.9 Å². The van der Waals surface area contributed by atoms with Gasteiger partial charge in [-0.3, -0.25) is 0 Å². The molecule has 8 heteroatoms. The van der Waals surface area contributed by atoms with Crippen molar-refractivity contribution in [1.82, 2.24) is 0 Å². The molecule has 0 aliphatic carbocycles. The molecule has 0 heterocycles. The van der Waals surface area contributed by atoms with E-state index in [9.17, 15) is 13.2 Å². The van der Waals surface area contributed by atoms with Gasteiger partial charge in [-0.05, 0) is 32.0 Å². The number of aromatic carboxylic acids is 1. The number of ether oxygens (including phenoxy) is 2. The maximum atomic E-state index is 11.4. The summed E-state index contributed by atoms with van der Waals surface area (Å²) < 4.78 is 33.4. The number of carbonyl (C=O) groups is 1. The van der Waals surface area contributed by atoms with E-state index in [-0.39, 0.29) is 35.5 Å². The van der Waals surface area contributed by atoms with Gasteiger partial charge in [0.15, 0.2) is 0 Å². The van der Waals surface area contributed by atoms with Crippen LogP contribution in [-0.4, -0.2) is 38.8 Å². The zero-order chi connectivity index (χ0) is 15.3. The van der Waals surface area contributed by atoms with E-state index < -0.39 is 15.0 Å². The van der Waals surface area contributed by atoms with Gasteiger partial charge in [0.2, 0.25) is 0 Å². The number of hydrogen-bond acceptors (Lipinski definition) is 5. The van der Waals surface area contributed by atoms with E-state index in [0.717, 1.165) is 6.07 Å². The second-order valence-electron chi connectivity index (χ2n) is 4.17. The van der Waals surface area contributed by atoms with Crippen LogP contribution in [0.3, 0.4) is 0 Å². The lowest BCUT2D eigenvalue weighted by Crippen LogP contribution is -2.12. The van der Waals surface area contributed by atoms with Gasteiger partial charge < -0.3 is 14.6 Å². The zero-order valence-corrected chi connectivity index (χ0v) is 12.6. The molecule has 0 fully saturated rings. The van der Waals surface area contributed by atoms with Crippen molar-refractivity contribution < 1.29 is 27.8 Å². The van der Waals surface area contributed by atoms with E-state index in [1.54, 1.807) is 0 Å². The molecule has 1 aromatic carbocycles. The molecule has 20 heavy (non-hydrogen) atoms. The highest BCUT2D eigenvalue weighted by Crippen LogP contribution is 2.28. The summed E-state index contributed by atoms with van der Waals surface area (Å²) in [7, 11) is 1.17. The lowest BCUT2D eigenvalue weighted by molar-refractivity contribution is 0.0545. The normalized spacial score (nSPS) is 11.6. The Balaban J connectivity index is 2.93. The number of benzene rings is 1. The van der Waals surface area contributed by atoms with Crippen LogP contribution < -0.4 is 4.74 Å². The fraction of sp³-hybridized carbons (Fsp3) is 0.417. The predicted molar refractivity (Wildman–Crippen MR) is 73.0 cm³/mol. The summed E-state index contributed by atoms with van der Waals surface area (Å²) in [5.74, 6) is -1.25. The second-order valence-corrected chi connectivity index (χ2v) is 6.71. The van der Waals surface area contributed by atoms with Crippen LogP contribution in [0.5, 0.6) is 5.75 Å². The Morgan fingerprint density at radius 2 is 2.00 bits per heavy atom. The lowest BCUT2D eigenvalue weighted by Gasteiger charge is -2.12. The number of rotatable bonds is 7. The minimum atomic E-state index is -4.10. The molecule has 0 saturated carbocycles. The van der Waals surface area contributed by atoms with Crippen LogP contribution in [0.1, 0.15) is 24.2 Å². The SMILES string of the molecule is CC(C)OCCOc1ccc(C(=O)O)cc1S(=O)(=O)Cl. The number of halogens is 1. The minimum absolute atomic E-state index is 0.00245. The molecule has 6 nitrogen and oxygen atoms in total. The number of carboxylic acids is 1. The van der Waals surface area contributed by atoms with Crippen molar-refractivity contribution in [2.45, 2.75) is 24.8 Å². The molecular formula is C12H15ClO6S. The van der Waals surface area contributed by atoms with Crippen molar-refractivity contribution in [3.8, 4) is 5.75 Å². The maximum absolute atomic E-state index is 11.4. The first-order chi connectivity index (χ1) is 9.21. The standard InChI is InChI=1S/C12H15ClO6S/c1-8(2)18-5-6-19-10-4-3-9(12(14)15)7-11(10)20(13,16)17/h3-4,7-8H,5-6H2,1-2H3,(H,14,15). The number of carboxylic acid groups (broad SMARTS) is 1. The largest absolute Gasteiger partial charge is 0.490 e. The van der Waals surface area contributed by atoms with Gasteiger partial charge in [-0.1, -0.05) is 0 Å². The van der Waals surface area contributed by atoms with E-state index in [0.29, 0.717) is 0 Å². The highest BCUT2D eigenvalue weighted by molar-refractivity contribution is 8.13. The van der Waals surface area contributed by atoms with E-state index in [4.69, 9.17) is 25.3 Å². The average Bonchev–Trinajstić information content (AvgIpc) is 2.33. The zero-order valence-electron chi connectivity index (χ0n) is 11.0. The van der Waals surface area contributed by atoms with Crippen LogP contribution >= 0.6 is 10.7 Å². The highest BCUT2D eigenvalue weighted by Gasteiger charge is 2.19. The first-order valence-corrected chi connectivity index (χ1v) is 8.09. The smallest absolute Gasteiger partial charge is 0.335 e. The summed E-state index contributed by atoms with van der Waals surface area (Å²) in [6.45, 7) is 4.12. The van der Waals surface area contributed by atoms with Crippen molar-refractivity contribution in [1.29, 1.82) is 0 Å². The van der Waals surface area contributed by atoms with Crippen LogP contribution in [0.2, 0.25) is 0 Å². The average molecular weight is 323 g/mol. The number of hydrogen-bond donors (Lipinski definition) is 1. The molecule has 0 aliphatic heterocycles. The quantitative estimate of drug-likeness (QED) is 0.611. The van der Waals surface area contributed by atoms with Crippen molar-refractivity contribution in [2.75, 3.05) is 13.2 Å². The highest BCUT2D eigenvalue weighted by atomic mass is 35.7. The molecule has 0 bridgehead atoms. The van der Waals surface area contributed by atoms with Gasteiger partial charge in [0.05, 0.1) is 18.3 Å². The Morgan fingerprint density at radius 1 is 1.35 bits per heavy atom. The van der Waals surface area contributed by atoms with Crippen molar-refractivity contribution in [3.63, 3.8) is 0 Å². The Bertz CT molecular complexity index is 582. The van der Waals surface area contributed by atoms with E-state index >= 15 is 0 Å². The molecule has 0 unspecified atom stereocenters. The van der Waals surface area contributed by atoms with Gasteiger partial charge >= 0.3 is 5.97 Å². The molecule has 0 saturated heterocycles. The molecule has 112 valence electrons. The molecular weight excluding hydrogens is 308 g/mol. The molecule has 0 radical (unpaired) electrons. The van der Waals surface area contributed by atoms with Crippen molar-refractivity contribution in [2.24, 2.45) is 0 Å². The van der Waals surface area contributed by atoms with Crippen LogP contribution in [0.15, 0.2) is 23.1 Å². The minimum Gasteiger partial charge on any atom is -0.490 e. The van der Waals surface area contributed by atoms with E-state index in [2.05, 4.69) is 0 Å². The summed E-state index contributed by atoms with van der Waals surface area (Å²) >= 11 is 0. The first kappa shape index (κ1) is 16.7. The molecule has 0 atom stereocenters. The summed E-state index contributed by atoms with van der Waals surface area (Å²) in [4.78, 5) is 10.5. The van der Waals surface area contributed by atoms with Gasteiger partial charge in [0.25, 0.3) is 9.05 Å². The van der Waals surface area contributed by atoms with Gasteiger partial charge in [-0.2, -0.15) is 0 Å². The Morgan fingerprint density at radius 3 is 2.50 bits per heavy atom. The fourth-order valence-electron chi connectivity index (χ4n) is 1.39. The predicted octanol–water partition coefficient (Wildman–Crippen LogP) is 2.12. The third-order valence-electron chi connectivity index (χ3n) is 2.25. The van der Waals surface area contributed by atoms with Gasteiger partial charge in [0, 0.05) is 10.7 Å². The molecule has 0 aromatic heterocycles. The monoisotopic (exact) mass is 322 g/mol. The van der Waals surface area contributed by atoms with Gasteiger partial charge in [-0.25, -0.2) is 13.2 Å². The Hall–Kier alpha value is -1.31. The third kappa shape index (κ3) is 4.99. The maximum Gasteiger partial charge on any atom is 0.335 e. The van der Waals surface area contributed by atoms with Gasteiger partial charge in [0.1, 0.15) is 17.3 Å². The van der Waals surface area contributed by atoms with Crippen molar-refractivity contribution >= 4 is 25.7 Å². The van der Waals surface area contributed by atoms with Crippen molar-refractivity contribution in [3.05, 3.63) is 23.8 Å².